The highest BCUT2D eigenvalue weighted by molar-refractivity contribution is 6.00. The lowest BCUT2D eigenvalue weighted by Gasteiger charge is -2.17. The maximum atomic E-state index is 12.6. The summed E-state index contributed by atoms with van der Waals surface area (Å²) in [6.45, 7) is 0.725. The van der Waals surface area contributed by atoms with Crippen LogP contribution >= 0.6 is 0 Å². The Balaban J connectivity index is 1.26. The van der Waals surface area contributed by atoms with Gasteiger partial charge in [0.15, 0.2) is 12.2 Å². The number of ether oxygens (including phenoxy) is 3. The summed E-state index contributed by atoms with van der Waals surface area (Å²) in [6.07, 6.45) is 2.32. The van der Waals surface area contributed by atoms with Crippen LogP contribution in [0, 0.1) is 11.3 Å². The van der Waals surface area contributed by atoms with Crippen LogP contribution < -0.4 is 20.7 Å². The van der Waals surface area contributed by atoms with Crippen LogP contribution in [0.5, 0.6) is 5.75 Å². The van der Waals surface area contributed by atoms with Gasteiger partial charge in [0.05, 0.1) is 38.2 Å². The lowest BCUT2D eigenvalue weighted by molar-refractivity contribution is 0.0102. The molecule has 4 rings (SSSR count). The number of nitrogens with zero attached hydrogens (tertiary/aromatic N) is 2. The van der Waals surface area contributed by atoms with E-state index in [0.717, 1.165) is 11.1 Å². The third-order valence-corrected chi connectivity index (χ3v) is 6.05. The van der Waals surface area contributed by atoms with Gasteiger partial charge in [-0.3, -0.25) is 0 Å². The first-order valence-corrected chi connectivity index (χ1v) is 13.2. The van der Waals surface area contributed by atoms with E-state index >= 15 is 0 Å². The average Bonchev–Trinajstić information content (AvgIpc) is 3.54. The molecule has 0 spiro atoms. The molecule has 3 amide bonds. The first kappa shape index (κ1) is 29.6. The molecule has 0 aliphatic rings. The van der Waals surface area contributed by atoms with Gasteiger partial charge >= 0.3 is 12.1 Å². The van der Waals surface area contributed by atoms with Crippen molar-refractivity contribution in [2.45, 2.75) is 32.1 Å². The van der Waals surface area contributed by atoms with Gasteiger partial charge in [0.2, 0.25) is 0 Å². The smallest absolute Gasteiger partial charge is 0.407 e. The molecule has 1 heterocycles. The molecule has 0 saturated heterocycles. The molecule has 4 aromatic rings. The van der Waals surface area contributed by atoms with Crippen LogP contribution in [0.1, 0.15) is 24.0 Å². The predicted octanol–water partition coefficient (Wildman–Crippen LogP) is 6.11. The molecule has 1 aromatic heterocycles. The van der Waals surface area contributed by atoms with Gasteiger partial charge in [-0.05, 0) is 41.8 Å². The van der Waals surface area contributed by atoms with E-state index in [0.29, 0.717) is 41.5 Å². The number of urea groups is 1. The summed E-state index contributed by atoms with van der Waals surface area (Å²) in [5, 5.41) is 17.2. The van der Waals surface area contributed by atoms with Gasteiger partial charge in [0, 0.05) is 30.4 Å². The molecule has 0 aliphatic carbocycles. The maximum Gasteiger partial charge on any atom is 0.407 e. The number of nitriles is 1. The number of methoxy groups -OCH3 is 1. The Morgan fingerprint density at radius 3 is 2.52 bits per heavy atom. The number of benzene rings is 3. The summed E-state index contributed by atoms with van der Waals surface area (Å²) in [4.78, 5) is 29.0. The average molecular weight is 570 g/mol. The van der Waals surface area contributed by atoms with E-state index in [1.54, 1.807) is 42.6 Å². The van der Waals surface area contributed by atoms with E-state index in [9.17, 15) is 9.59 Å². The number of nitrogens with one attached hydrogen (secondary N) is 3. The van der Waals surface area contributed by atoms with Crippen molar-refractivity contribution in [3.63, 3.8) is 0 Å². The minimum absolute atomic E-state index is 0.173. The zero-order valence-corrected chi connectivity index (χ0v) is 23.0. The number of amides is 3. The number of oxazole rings is 1. The summed E-state index contributed by atoms with van der Waals surface area (Å²) < 4.78 is 22.0. The fraction of sp³-hybridized carbons (Fsp3) is 0.226. The Kier molecular flexibility index (Phi) is 10.9. The number of rotatable bonds is 13. The summed E-state index contributed by atoms with van der Waals surface area (Å²) >= 11 is 0. The Morgan fingerprint density at radius 1 is 1.00 bits per heavy atom. The SMILES string of the molecule is COc1cc(NC(=O)Nc2cccc(CNC(=O)O[C@H](CCC#N)COCc3ccccc3)c2)ccc1-c1cnco1. The lowest BCUT2D eigenvalue weighted by Crippen LogP contribution is -2.31. The zero-order chi connectivity index (χ0) is 29.6. The predicted molar refractivity (Wildman–Crippen MR) is 156 cm³/mol. The maximum absolute atomic E-state index is 12.6. The molecule has 42 heavy (non-hydrogen) atoms. The lowest BCUT2D eigenvalue weighted by atomic mass is 10.1. The Labute approximate surface area is 243 Å². The van der Waals surface area contributed by atoms with E-state index in [1.807, 2.05) is 36.4 Å². The minimum atomic E-state index is -0.625. The number of anilines is 2. The van der Waals surface area contributed by atoms with Gasteiger partial charge in [-0.25, -0.2) is 14.6 Å². The van der Waals surface area contributed by atoms with Crippen LogP contribution in [-0.2, 0) is 22.6 Å². The molecule has 3 N–H and O–H groups in total. The first-order chi connectivity index (χ1) is 20.5. The standard InChI is InChI=1S/C31H31N5O6/c1-39-28-16-25(12-13-27(28)29-18-33-21-41-29)36-30(37)35-24-10-5-9-23(15-24)17-34-31(38)42-26(11-6-14-32)20-40-19-22-7-3-2-4-8-22/h2-5,7-10,12-13,15-16,18,21,26H,6,11,17,19-20H2,1H3,(H,34,38)(H2,35,36,37)/t26-/m1/s1. The molecule has 0 bridgehead atoms. The largest absolute Gasteiger partial charge is 0.496 e. The molecule has 1 atom stereocenters. The van der Waals surface area contributed by atoms with Gasteiger partial charge < -0.3 is 34.6 Å². The normalized spacial score (nSPS) is 11.1. The summed E-state index contributed by atoms with van der Waals surface area (Å²) in [5.74, 6) is 1.06. The highest BCUT2D eigenvalue weighted by atomic mass is 16.6. The quantitative estimate of drug-likeness (QED) is 0.175. The van der Waals surface area contributed by atoms with Gasteiger partial charge in [-0.15, -0.1) is 0 Å². The van der Waals surface area contributed by atoms with Crippen molar-refractivity contribution >= 4 is 23.5 Å². The highest BCUT2D eigenvalue weighted by Crippen LogP contribution is 2.32. The number of carbonyl (C=O) groups excluding carboxylic acids is 2. The van der Waals surface area contributed by atoms with E-state index < -0.39 is 18.2 Å². The third kappa shape index (κ3) is 9.11. The summed E-state index contributed by atoms with van der Waals surface area (Å²) in [7, 11) is 1.53. The van der Waals surface area contributed by atoms with E-state index in [-0.39, 0.29) is 19.6 Å². The molecule has 0 fully saturated rings. The molecule has 11 heteroatoms. The number of carbonyl (C=O) groups is 2. The Hall–Kier alpha value is -5.34. The molecule has 216 valence electrons. The van der Waals surface area contributed by atoms with Gasteiger partial charge in [0.25, 0.3) is 0 Å². The van der Waals surface area contributed by atoms with Crippen molar-refractivity contribution in [3.8, 4) is 23.1 Å². The fourth-order valence-corrected chi connectivity index (χ4v) is 4.03. The van der Waals surface area contributed by atoms with Crippen molar-refractivity contribution in [3.05, 3.63) is 96.5 Å². The molecule has 3 aromatic carbocycles. The fourth-order valence-electron chi connectivity index (χ4n) is 4.03. The van der Waals surface area contributed by atoms with Crippen molar-refractivity contribution < 1.29 is 28.2 Å². The van der Waals surface area contributed by atoms with Crippen LogP contribution in [0.3, 0.4) is 0 Å². The second-order valence-corrected chi connectivity index (χ2v) is 9.14. The highest BCUT2D eigenvalue weighted by Gasteiger charge is 2.15. The number of aromatic nitrogens is 1. The van der Waals surface area contributed by atoms with E-state index in [1.165, 1.54) is 13.5 Å². The van der Waals surface area contributed by atoms with Crippen LogP contribution in [0.15, 0.2) is 89.8 Å². The molecule has 0 radical (unpaired) electrons. The van der Waals surface area contributed by atoms with E-state index in [2.05, 4.69) is 27.0 Å². The Bertz CT molecular complexity index is 1490. The first-order valence-electron chi connectivity index (χ1n) is 13.2. The molecular weight excluding hydrogens is 538 g/mol. The minimum Gasteiger partial charge on any atom is -0.496 e. The number of hydrogen-bond acceptors (Lipinski definition) is 8. The molecule has 0 aliphatic heterocycles. The van der Waals surface area contributed by atoms with Crippen molar-refractivity contribution in [1.29, 1.82) is 5.26 Å². The number of hydrogen-bond donors (Lipinski definition) is 3. The Morgan fingerprint density at radius 2 is 1.79 bits per heavy atom. The number of alkyl carbamates (subject to hydrolysis) is 1. The van der Waals surface area contributed by atoms with E-state index in [4.69, 9.17) is 23.9 Å². The molecule has 0 saturated carbocycles. The third-order valence-electron chi connectivity index (χ3n) is 6.05. The van der Waals surface area contributed by atoms with Crippen molar-refractivity contribution in [2.75, 3.05) is 24.4 Å². The van der Waals surface area contributed by atoms with Crippen LogP contribution in [0.25, 0.3) is 11.3 Å². The zero-order valence-electron chi connectivity index (χ0n) is 23.0. The molecule has 11 nitrogen and oxygen atoms in total. The molecule has 0 unspecified atom stereocenters. The monoisotopic (exact) mass is 569 g/mol. The van der Waals surface area contributed by atoms with Crippen molar-refractivity contribution in [2.24, 2.45) is 0 Å². The topological polar surface area (TPSA) is 148 Å². The molecular formula is C31H31N5O6. The second kappa shape index (κ2) is 15.4. The van der Waals surface area contributed by atoms with Crippen molar-refractivity contribution in [1.82, 2.24) is 10.3 Å². The summed E-state index contributed by atoms with van der Waals surface area (Å²) in [6, 6.07) is 23.5. The van der Waals surface area contributed by atoms with Crippen LogP contribution in [-0.4, -0.2) is 36.9 Å². The summed E-state index contributed by atoms with van der Waals surface area (Å²) in [5.41, 5.74) is 3.51. The van der Waals surface area contributed by atoms with Gasteiger partial charge in [-0.1, -0.05) is 42.5 Å². The van der Waals surface area contributed by atoms with Crippen LogP contribution in [0.2, 0.25) is 0 Å². The van der Waals surface area contributed by atoms with Gasteiger partial charge in [-0.2, -0.15) is 5.26 Å². The second-order valence-electron chi connectivity index (χ2n) is 9.14. The van der Waals surface area contributed by atoms with Gasteiger partial charge in [0.1, 0.15) is 11.9 Å². The van der Waals surface area contributed by atoms with Crippen LogP contribution in [0.4, 0.5) is 21.0 Å².